The molecule has 0 spiro atoms. The predicted molar refractivity (Wildman–Crippen MR) is 106 cm³/mol. The molecule has 8 nitrogen and oxygen atoms in total. The lowest BCUT2D eigenvalue weighted by Crippen LogP contribution is -2.13. The van der Waals surface area contributed by atoms with Crippen molar-refractivity contribution in [2.45, 2.75) is 0 Å². The first-order chi connectivity index (χ1) is 13.6. The third-order valence-corrected chi connectivity index (χ3v) is 3.92. The summed E-state index contributed by atoms with van der Waals surface area (Å²) >= 11 is 0. The molecular weight excluding hydrogens is 360 g/mol. The fraction of sp³-hybridized carbons (Fsp3) is 0.150. The number of rotatable bonds is 7. The van der Waals surface area contributed by atoms with Crippen molar-refractivity contribution in [2.75, 3.05) is 32.0 Å². The van der Waals surface area contributed by atoms with E-state index in [2.05, 4.69) is 20.6 Å². The Balaban J connectivity index is 1.72. The van der Waals surface area contributed by atoms with Crippen LogP contribution in [0.1, 0.15) is 10.4 Å². The number of ether oxygens (including phenoxy) is 3. The minimum absolute atomic E-state index is 0.318. The molecule has 0 aliphatic carbocycles. The minimum atomic E-state index is -0.335. The predicted octanol–water partition coefficient (Wildman–Crippen LogP) is 3.50. The molecule has 1 heterocycles. The number of carbonyl (C=O) groups is 1. The molecule has 2 aromatic carbocycles. The van der Waals surface area contributed by atoms with Crippen LogP contribution in [-0.4, -0.2) is 37.2 Å². The molecule has 0 aliphatic rings. The average molecular weight is 380 g/mol. The second-order valence-electron chi connectivity index (χ2n) is 5.64. The molecule has 144 valence electrons. The van der Waals surface area contributed by atoms with Gasteiger partial charge in [0.2, 0.25) is 5.95 Å². The standard InChI is InChI=1S/C20H20N4O4/c1-26-14-8-9-16(18(10-14)28-3)24-20-21-11-13(12-22-20)19(25)23-15-6-4-5-7-17(15)27-2/h4-12H,1-3H3,(H,23,25)(H,21,22,24). The van der Waals surface area contributed by atoms with Crippen molar-refractivity contribution in [3.8, 4) is 17.2 Å². The van der Waals surface area contributed by atoms with E-state index in [4.69, 9.17) is 14.2 Å². The van der Waals surface area contributed by atoms with Crippen LogP contribution in [0, 0.1) is 0 Å². The molecule has 1 amide bonds. The first-order valence-corrected chi connectivity index (χ1v) is 8.40. The first-order valence-electron chi connectivity index (χ1n) is 8.40. The number of nitrogens with one attached hydrogen (secondary N) is 2. The maximum absolute atomic E-state index is 12.4. The number of hydrogen-bond acceptors (Lipinski definition) is 7. The summed E-state index contributed by atoms with van der Waals surface area (Å²) in [5, 5.41) is 5.83. The van der Waals surface area contributed by atoms with Gasteiger partial charge in [0, 0.05) is 18.5 Å². The van der Waals surface area contributed by atoms with Gasteiger partial charge in [0.05, 0.1) is 38.3 Å². The lowest BCUT2D eigenvalue weighted by molar-refractivity contribution is 0.102. The summed E-state index contributed by atoms with van der Waals surface area (Å²) in [6, 6.07) is 12.5. The number of hydrogen-bond donors (Lipinski definition) is 2. The molecule has 3 rings (SSSR count). The fourth-order valence-corrected chi connectivity index (χ4v) is 2.47. The second-order valence-corrected chi connectivity index (χ2v) is 5.64. The Hall–Kier alpha value is -3.81. The highest BCUT2D eigenvalue weighted by molar-refractivity contribution is 6.04. The van der Waals surface area contributed by atoms with Crippen molar-refractivity contribution >= 4 is 23.2 Å². The van der Waals surface area contributed by atoms with Crippen LogP contribution >= 0.6 is 0 Å². The number of amides is 1. The van der Waals surface area contributed by atoms with E-state index in [1.54, 1.807) is 51.7 Å². The Morgan fingerprint density at radius 2 is 1.57 bits per heavy atom. The molecular formula is C20H20N4O4. The Kier molecular flexibility index (Phi) is 5.91. The van der Waals surface area contributed by atoms with Crippen LogP contribution in [-0.2, 0) is 0 Å². The van der Waals surface area contributed by atoms with Crippen molar-refractivity contribution in [3.05, 3.63) is 60.4 Å². The van der Waals surface area contributed by atoms with E-state index in [1.165, 1.54) is 12.4 Å². The van der Waals surface area contributed by atoms with Crippen LogP contribution in [0.15, 0.2) is 54.9 Å². The van der Waals surface area contributed by atoms with Gasteiger partial charge in [-0.2, -0.15) is 0 Å². The van der Waals surface area contributed by atoms with Crippen molar-refractivity contribution in [1.29, 1.82) is 0 Å². The molecule has 28 heavy (non-hydrogen) atoms. The van der Waals surface area contributed by atoms with Gasteiger partial charge in [-0.3, -0.25) is 4.79 Å². The number of carbonyl (C=O) groups excluding carboxylic acids is 1. The smallest absolute Gasteiger partial charge is 0.258 e. The van der Waals surface area contributed by atoms with Gasteiger partial charge in [0.25, 0.3) is 5.91 Å². The van der Waals surface area contributed by atoms with E-state index in [0.29, 0.717) is 40.1 Å². The summed E-state index contributed by atoms with van der Waals surface area (Å²) in [5.41, 5.74) is 1.56. The van der Waals surface area contributed by atoms with Crippen LogP contribution in [0.2, 0.25) is 0 Å². The summed E-state index contributed by atoms with van der Waals surface area (Å²) in [4.78, 5) is 20.8. The molecule has 0 saturated heterocycles. The molecule has 0 radical (unpaired) electrons. The van der Waals surface area contributed by atoms with Gasteiger partial charge in [-0.15, -0.1) is 0 Å². The molecule has 0 unspecified atom stereocenters. The van der Waals surface area contributed by atoms with E-state index in [9.17, 15) is 4.79 Å². The zero-order valence-electron chi connectivity index (χ0n) is 15.7. The van der Waals surface area contributed by atoms with Gasteiger partial charge in [-0.05, 0) is 24.3 Å². The number of nitrogens with zero attached hydrogens (tertiary/aromatic N) is 2. The molecule has 0 bridgehead atoms. The third-order valence-electron chi connectivity index (χ3n) is 3.92. The number of anilines is 3. The second kappa shape index (κ2) is 8.72. The van der Waals surface area contributed by atoms with E-state index >= 15 is 0 Å². The van der Waals surface area contributed by atoms with Crippen LogP contribution in [0.5, 0.6) is 17.2 Å². The van der Waals surface area contributed by atoms with E-state index in [-0.39, 0.29) is 5.91 Å². The van der Waals surface area contributed by atoms with Gasteiger partial charge in [0.15, 0.2) is 0 Å². The van der Waals surface area contributed by atoms with Gasteiger partial charge in [0.1, 0.15) is 17.2 Å². The average Bonchev–Trinajstić information content (AvgIpc) is 2.74. The Morgan fingerprint density at radius 3 is 2.25 bits per heavy atom. The molecule has 8 heteroatoms. The quantitative estimate of drug-likeness (QED) is 0.648. The van der Waals surface area contributed by atoms with E-state index in [1.807, 2.05) is 12.1 Å². The van der Waals surface area contributed by atoms with Crippen LogP contribution in [0.4, 0.5) is 17.3 Å². The molecule has 3 aromatic rings. The largest absolute Gasteiger partial charge is 0.497 e. The lowest BCUT2D eigenvalue weighted by Gasteiger charge is -2.12. The van der Waals surface area contributed by atoms with Crippen molar-refractivity contribution < 1.29 is 19.0 Å². The minimum Gasteiger partial charge on any atom is -0.497 e. The highest BCUT2D eigenvalue weighted by Gasteiger charge is 2.12. The van der Waals surface area contributed by atoms with Crippen molar-refractivity contribution in [1.82, 2.24) is 9.97 Å². The van der Waals surface area contributed by atoms with Gasteiger partial charge in [-0.25, -0.2) is 9.97 Å². The van der Waals surface area contributed by atoms with E-state index in [0.717, 1.165) is 0 Å². The van der Waals surface area contributed by atoms with Crippen molar-refractivity contribution in [3.63, 3.8) is 0 Å². The molecule has 2 N–H and O–H groups in total. The summed E-state index contributed by atoms with van der Waals surface area (Å²) in [5.74, 6) is 1.82. The fourth-order valence-electron chi connectivity index (χ4n) is 2.47. The zero-order chi connectivity index (χ0) is 19.9. The highest BCUT2D eigenvalue weighted by Crippen LogP contribution is 2.30. The van der Waals surface area contributed by atoms with Crippen LogP contribution in [0.3, 0.4) is 0 Å². The normalized spacial score (nSPS) is 10.1. The van der Waals surface area contributed by atoms with Crippen LogP contribution in [0.25, 0.3) is 0 Å². The Morgan fingerprint density at radius 1 is 0.857 bits per heavy atom. The number of benzene rings is 2. The van der Waals surface area contributed by atoms with Gasteiger partial charge < -0.3 is 24.8 Å². The summed E-state index contributed by atoms with van der Waals surface area (Å²) in [6.45, 7) is 0. The molecule has 0 saturated carbocycles. The Labute approximate surface area is 162 Å². The number of methoxy groups -OCH3 is 3. The van der Waals surface area contributed by atoms with Gasteiger partial charge >= 0.3 is 0 Å². The van der Waals surface area contributed by atoms with E-state index < -0.39 is 0 Å². The SMILES string of the molecule is COc1ccc(Nc2ncc(C(=O)Nc3ccccc3OC)cn2)c(OC)c1. The maximum atomic E-state index is 12.4. The van der Waals surface area contributed by atoms with Gasteiger partial charge in [-0.1, -0.05) is 12.1 Å². The molecule has 0 aliphatic heterocycles. The van der Waals surface area contributed by atoms with Crippen LogP contribution < -0.4 is 24.8 Å². The maximum Gasteiger partial charge on any atom is 0.258 e. The van der Waals surface area contributed by atoms with Crippen molar-refractivity contribution in [2.24, 2.45) is 0 Å². The highest BCUT2D eigenvalue weighted by atomic mass is 16.5. The third kappa shape index (κ3) is 4.29. The summed E-state index contributed by atoms with van der Waals surface area (Å²) in [7, 11) is 4.69. The molecule has 0 fully saturated rings. The summed E-state index contributed by atoms with van der Waals surface area (Å²) < 4.78 is 15.7. The Bertz CT molecular complexity index is 961. The summed E-state index contributed by atoms with van der Waals surface area (Å²) in [6.07, 6.45) is 2.88. The number of aromatic nitrogens is 2. The lowest BCUT2D eigenvalue weighted by atomic mass is 10.2. The molecule has 0 atom stereocenters. The topological polar surface area (TPSA) is 94.6 Å². The monoisotopic (exact) mass is 380 g/mol. The molecule has 1 aromatic heterocycles. The first kappa shape index (κ1) is 19.0. The number of para-hydroxylation sites is 2. The zero-order valence-corrected chi connectivity index (χ0v) is 15.7.